The van der Waals surface area contributed by atoms with Crippen molar-refractivity contribution >= 4 is 11.6 Å². The van der Waals surface area contributed by atoms with Crippen LogP contribution in [0.2, 0.25) is 5.02 Å². The second kappa shape index (κ2) is 5.62. The van der Waals surface area contributed by atoms with Crippen LogP contribution in [0.4, 0.5) is 0 Å². The Balaban J connectivity index is 2.01. The minimum Gasteiger partial charge on any atom is -0.473 e. The van der Waals surface area contributed by atoms with Crippen LogP contribution in [0.3, 0.4) is 0 Å². The SMILES string of the molecule is CC(C)(C)c1ccc(OCc2cccc(Cl)c2)nc1. The zero-order valence-electron chi connectivity index (χ0n) is 11.5. The maximum absolute atomic E-state index is 5.93. The number of aromatic nitrogens is 1. The number of ether oxygens (including phenoxy) is 1. The molecule has 2 rings (SSSR count). The number of rotatable bonds is 3. The lowest BCUT2D eigenvalue weighted by Gasteiger charge is -2.18. The van der Waals surface area contributed by atoms with Gasteiger partial charge in [-0.1, -0.05) is 50.6 Å². The Morgan fingerprint density at radius 2 is 1.95 bits per heavy atom. The van der Waals surface area contributed by atoms with Gasteiger partial charge in [0.1, 0.15) is 6.61 Å². The lowest BCUT2D eigenvalue weighted by atomic mass is 9.88. The van der Waals surface area contributed by atoms with Crippen LogP contribution >= 0.6 is 11.6 Å². The van der Waals surface area contributed by atoms with E-state index in [4.69, 9.17) is 16.3 Å². The van der Waals surface area contributed by atoms with E-state index in [1.54, 1.807) is 0 Å². The predicted molar refractivity (Wildman–Crippen MR) is 78.7 cm³/mol. The monoisotopic (exact) mass is 275 g/mol. The van der Waals surface area contributed by atoms with Crippen LogP contribution in [0.1, 0.15) is 31.9 Å². The molecule has 1 aromatic carbocycles. The summed E-state index contributed by atoms with van der Waals surface area (Å²) in [6.45, 7) is 6.96. The molecule has 0 radical (unpaired) electrons. The van der Waals surface area contributed by atoms with Gasteiger partial charge in [-0.2, -0.15) is 0 Å². The van der Waals surface area contributed by atoms with Gasteiger partial charge < -0.3 is 4.74 Å². The molecule has 2 nitrogen and oxygen atoms in total. The highest BCUT2D eigenvalue weighted by Gasteiger charge is 2.13. The van der Waals surface area contributed by atoms with Crippen LogP contribution in [-0.2, 0) is 12.0 Å². The molecule has 0 unspecified atom stereocenters. The number of benzene rings is 1. The summed E-state index contributed by atoms with van der Waals surface area (Å²) in [5, 5.41) is 0.720. The molecule has 2 aromatic rings. The van der Waals surface area contributed by atoms with E-state index in [0.29, 0.717) is 12.5 Å². The van der Waals surface area contributed by atoms with Crippen LogP contribution in [0.25, 0.3) is 0 Å². The highest BCUT2D eigenvalue weighted by molar-refractivity contribution is 6.30. The third-order valence-corrected chi connectivity index (χ3v) is 3.11. The van der Waals surface area contributed by atoms with Crippen LogP contribution in [0.15, 0.2) is 42.6 Å². The van der Waals surface area contributed by atoms with Crippen molar-refractivity contribution in [2.75, 3.05) is 0 Å². The van der Waals surface area contributed by atoms with Gasteiger partial charge in [0.25, 0.3) is 0 Å². The summed E-state index contributed by atoms with van der Waals surface area (Å²) in [6, 6.07) is 11.6. The van der Waals surface area contributed by atoms with Crippen LogP contribution in [-0.4, -0.2) is 4.98 Å². The molecular weight excluding hydrogens is 258 g/mol. The van der Waals surface area contributed by atoms with Gasteiger partial charge in [0.05, 0.1) is 0 Å². The summed E-state index contributed by atoms with van der Waals surface area (Å²) in [5.41, 5.74) is 2.34. The van der Waals surface area contributed by atoms with Crippen molar-refractivity contribution in [3.05, 3.63) is 58.7 Å². The standard InChI is InChI=1S/C16H18ClNO/c1-16(2,3)13-7-8-15(18-10-13)19-11-12-5-4-6-14(17)9-12/h4-10H,11H2,1-3H3. The van der Waals surface area contributed by atoms with Gasteiger partial charge in [0, 0.05) is 17.3 Å². The van der Waals surface area contributed by atoms with Gasteiger partial charge in [0.15, 0.2) is 0 Å². The second-order valence-electron chi connectivity index (χ2n) is 5.55. The first kappa shape index (κ1) is 13.9. The van der Waals surface area contributed by atoms with E-state index >= 15 is 0 Å². The van der Waals surface area contributed by atoms with Gasteiger partial charge in [-0.3, -0.25) is 0 Å². The molecule has 19 heavy (non-hydrogen) atoms. The Hall–Kier alpha value is -1.54. The van der Waals surface area contributed by atoms with Crippen molar-refractivity contribution in [3.8, 4) is 5.88 Å². The predicted octanol–water partition coefficient (Wildman–Crippen LogP) is 4.61. The normalized spacial score (nSPS) is 11.4. The van der Waals surface area contributed by atoms with Crippen LogP contribution in [0, 0.1) is 0 Å². The third kappa shape index (κ3) is 3.97. The zero-order chi connectivity index (χ0) is 13.9. The lowest BCUT2D eigenvalue weighted by Crippen LogP contribution is -2.11. The molecule has 0 N–H and O–H groups in total. The van der Waals surface area contributed by atoms with Crippen LogP contribution < -0.4 is 4.74 Å². The van der Waals surface area contributed by atoms with Crippen molar-refractivity contribution < 1.29 is 4.74 Å². The summed E-state index contributed by atoms with van der Waals surface area (Å²) in [7, 11) is 0. The fourth-order valence-corrected chi connectivity index (χ4v) is 1.91. The number of hydrogen-bond acceptors (Lipinski definition) is 2. The van der Waals surface area contributed by atoms with Crippen molar-refractivity contribution in [2.24, 2.45) is 0 Å². The van der Waals surface area contributed by atoms with E-state index in [1.165, 1.54) is 5.56 Å². The van der Waals surface area contributed by atoms with E-state index in [-0.39, 0.29) is 5.41 Å². The Morgan fingerprint density at radius 3 is 2.53 bits per heavy atom. The van der Waals surface area contributed by atoms with Gasteiger partial charge in [0.2, 0.25) is 5.88 Å². The number of nitrogens with zero attached hydrogens (tertiary/aromatic N) is 1. The molecule has 0 aliphatic heterocycles. The van der Waals surface area contributed by atoms with Gasteiger partial charge in [-0.15, -0.1) is 0 Å². The average Bonchev–Trinajstić information content (AvgIpc) is 2.36. The van der Waals surface area contributed by atoms with Crippen molar-refractivity contribution in [1.82, 2.24) is 4.98 Å². The summed E-state index contributed by atoms with van der Waals surface area (Å²) < 4.78 is 5.64. The first-order valence-corrected chi connectivity index (χ1v) is 6.67. The first-order chi connectivity index (χ1) is 8.95. The maximum atomic E-state index is 5.93. The fourth-order valence-electron chi connectivity index (χ4n) is 1.69. The molecule has 0 amide bonds. The maximum Gasteiger partial charge on any atom is 0.213 e. The van der Waals surface area contributed by atoms with E-state index in [2.05, 4.69) is 31.8 Å². The van der Waals surface area contributed by atoms with E-state index < -0.39 is 0 Å². The topological polar surface area (TPSA) is 22.1 Å². The molecule has 0 bridgehead atoms. The minimum absolute atomic E-state index is 0.110. The third-order valence-electron chi connectivity index (χ3n) is 2.88. The molecule has 100 valence electrons. The van der Waals surface area contributed by atoms with Gasteiger partial charge >= 0.3 is 0 Å². The average molecular weight is 276 g/mol. The van der Waals surface area contributed by atoms with Crippen LogP contribution in [0.5, 0.6) is 5.88 Å². The Labute approximate surface area is 119 Å². The number of hydrogen-bond donors (Lipinski definition) is 0. The van der Waals surface area contributed by atoms with Crippen molar-refractivity contribution in [1.29, 1.82) is 0 Å². The van der Waals surface area contributed by atoms with Crippen molar-refractivity contribution in [3.63, 3.8) is 0 Å². The zero-order valence-corrected chi connectivity index (χ0v) is 12.2. The number of halogens is 1. The highest BCUT2D eigenvalue weighted by Crippen LogP contribution is 2.22. The largest absolute Gasteiger partial charge is 0.473 e. The Kier molecular flexibility index (Phi) is 4.11. The molecule has 0 atom stereocenters. The smallest absolute Gasteiger partial charge is 0.213 e. The molecule has 0 aliphatic rings. The van der Waals surface area contributed by atoms with E-state index in [9.17, 15) is 0 Å². The molecule has 0 spiro atoms. The van der Waals surface area contributed by atoms with Gasteiger partial charge in [-0.05, 0) is 28.7 Å². The minimum atomic E-state index is 0.110. The molecule has 0 fully saturated rings. The highest BCUT2D eigenvalue weighted by atomic mass is 35.5. The lowest BCUT2D eigenvalue weighted by molar-refractivity contribution is 0.293. The summed E-state index contributed by atoms with van der Waals surface area (Å²) in [6.07, 6.45) is 1.87. The quantitative estimate of drug-likeness (QED) is 0.816. The van der Waals surface area contributed by atoms with Crippen molar-refractivity contribution in [2.45, 2.75) is 32.8 Å². The first-order valence-electron chi connectivity index (χ1n) is 6.29. The molecule has 0 aliphatic carbocycles. The summed E-state index contributed by atoms with van der Waals surface area (Å²) in [4.78, 5) is 4.33. The van der Waals surface area contributed by atoms with Gasteiger partial charge in [-0.25, -0.2) is 4.98 Å². The molecular formula is C16H18ClNO. The molecule has 0 saturated carbocycles. The molecule has 1 heterocycles. The Bertz CT molecular complexity index is 543. The van der Waals surface area contributed by atoms with E-state index in [1.807, 2.05) is 36.5 Å². The summed E-state index contributed by atoms with van der Waals surface area (Å²) in [5.74, 6) is 0.632. The molecule has 0 saturated heterocycles. The molecule has 1 aromatic heterocycles. The summed E-state index contributed by atoms with van der Waals surface area (Å²) >= 11 is 5.93. The number of pyridine rings is 1. The fraction of sp³-hybridized carbons (Fsp3) is 0.312. The van der Waals surface area contributed by atoms with E-state index in [0.717, 1.165) is 10.6 Å². The molecule has 3 heteroatoms. The Morgan fingerprint density at radius 1 is 1.16 bits per heavy atom. The second-order valence-corrected chi connectivity index (χ2v) is 5.99.